The van der Waals surface area contributed by atoms with E-state index in [4.69, 9.17) is 0 Å². The molecule has 3 rings (SSSR count). The second-order valence-corrected chi connectivity index (χ2v) is 4.91. The summed E-state index contributed by atoms with van der Waals surface area (Å²) in [5.41, 5.74) is 1.22. The highest BCUT2D eigenvalue weighted by Crippen LogP contribution is 2.14. The van der Waals surface area contributed by atoms with Crippen LogP contribution in [0.4, 0.5) is 5.69 Å². The fourth-order valence-electron chi connectivity index (χ4n) is 2.43. The number of hydrogen-bond donors (Lipinski definition) is 2. The van der Waals surface area contributed by atoms with E-state index in [0.29, 0.717) is 10.9 Å². The van der Waals surface area contributed by atoms with Gasteiger partial charge in [-0.25, -0.2) is 4.98 Å². The Kier molecular flexibility index (Phi) is 3.37. The minimum atomic E-state index is -0.176. The van der Waals surface area contributed by atoms with Crippen molar-refractivity contribution in [2.24, 2.45) is 0 Å². The molecule has 1 fully saturated rings. The Morgan fingerprint density at radius 1 is 1.35 bits per heavy atom. The third kappa shape index (κ3) is 2.49. The summed E-state index contributed by atoms with van der Waals surface area (Å²) in [4.78, 5) is 32.1. The standard InChI is InChI=1S/C14H16N4O2/c19-13(18-5-1-2-6-18)8-15-10-3-4-12-11(7-10)14(20)17-9-16-12/h3-4,7,9,15H,1-2,5-6,8H2,(H,16,17,20). The fraction of sp³-hybridized carbons (Fsp3) is 0.357. The predicted octanol–water partition coefficient (Wildman–Crippen LogP) is 0.957. The Labute approximate surface area is 115 Å². The van der Waals surface area contributed by atoms with Gasteiger partial charge in [0.25, 0.3) is 5.56 Å². The maximum atomic E-state index is 11.9. The highest BCUT2D eigenvalue weighted by atomic mass is 16.2. The third-order valence-electron chi connectivity index (χ3n) is 3.54. The zero-order valence-corrected chi connectivity index (χ0v) is 11.1. The van der Waals surface area contributed by atoms with E-state index in [1.165, 1.54) is 6.33 Å². The van der Waals surface area contributed by atoms with Crippen LogP contribution in [0.2, 0.25) is 0 Å². The summed E-state index contributed by atoms with van der Waals surface area (Å²) in [6.45, 7) is 1.95. The molecule has 0 spiro atoms. The highest BCUT2D eigenvalue weighted by Gasteiger charge is 2.17. The Hall–Kier alpha value is -2.37. The van der Waals surface area contributed by atoms with Crippen molar-refractivity contribution in [2.75, 3.05) is 25.0 Å². The van der Waals surface area contributed by atoms with Gasteiger partial charge < -0.3 is 15.2 Å². The van der Waals surface area contributed by atoms with Gasteiger partial charge in [0.2, 0.25) is 5.91 Å². The van der Waals surface area contributed by atoms with Gasteiger partial charge in [0.05, 0.1) is 23.8 Å². The first-order valence-electron chi connectivity index (χ1n) is 6.73. The summed E-state index contributed by atoms with van der Waals surface area (Å²) in [5, 5.41) is 3.59. The maximum Gasteiger partial charge on any atom is 0.258 e. The lowest BCUT2D eigenvalue weighted by Gasteiger charge is -2.16. The molecule has 104 valence electrons. The average Bonchev–Trinajstić information content (AvgIpc) is 3.00. The van der Waals surface area contributed by atoms with Crippen LogP contribution < -0.4 is 10.9 Å². The Morgan fingerprint density at radius 3 is 2.95 bits per heavy atom. The lowest BCUT2D eigenvalue weighted by molar-refractivity contribution is -0.128. The number of carbonyl (C=O) groups is 1. The highest BCUT2D eigenvalue weighted by molar-refractivity contribution is 5.84. The quantitative estimate of drug-likeness (QED) is 0.872. The van der Waals surface area contributed by atoms with Crippen LogP contribution in [0.15, 0.2) is 29.3 Å². The van der Waals surface area contributed by atoms with Gasteiger partial charge in [-0.2, -0.15) is 0 Å². The van der Waals surface area contributed by atoms with E-state index in [1.807, 2.05) is 11.0 Å². The van der Waals surface area contributed by atoms with Crippen molar-refractivity contribution >= 4 is 22.5 Å². The van der Waals surface area contributed by atoms with Gasteiger partial charge in [0.15, 0.2) is 0 Å². The molecule has 20 heavy (non-hydrogen) atoms. The monoisotopic (exact) mass is 272 g/mol. The number of aromatic amines is 1. The molecule has 6 nitrogen and oxygen atoms in total. The van der Waals surface area contributed by atoms with Crippen molar-refractivity contribution in [3.63, 3.8) is 0 Å². The number of nitrogens with one attached hydrogen (secondary N) is 2. The number of hydrogen-bond acceptors (Lipinski definition) is 4. The molecule has 6 heteroatoms. The number of nitrogens with zero attached hydrogens (tertiary/aromatic N) is 2. The van der Waals surface area contributed by atoms with Crippen LogP contribution in [0.25, 0.3) is 10.9 Å². The van der Waals surface area contributed by atoms with Crippen molar-refractivity contribution in [1.29, 1.82) is 0 Å². The molecule has 1 aromatic heterocycles. The van der Waals surface area contributed by atoms with E-state index in [-0.39, 0.29) is 18.0 Å². The minimum Gasteiger partial charge on any atom is -0.376 e. The Bertz CT molecular complexity index is 689. The largest absolute Gasteiger partial charge is 0.376 e. The van der Waals surface area contributed by atoms with Crippen LogP contribution in [-0.4, -0.2) is 40.4 Å². The van der Waals surface area contributed by atoms with Crippen LogP contribution in [0.1, 0.15) is 12.8 Å². The smallest absolute Gasteiger partial charge is 0.258 e. The van der Waals surface area contributed by atoms with Crippen molar-refractivity contribution in [1.82, 2.24) is 14.9 Å². The predicted molar refractivity (Wildman–Crippen MR) is 76.7 cm³/mol. The SMILES string of the molecule is O=C(CNc1ccc2nc[nH]c(=O)c2c1)N1CCCC1. The molecule has 0 saturated carbocycles. The zero-order chi connectivity index (χ0) is 13.9. The second kappa shape index (κ2) is 5.32. The van der Waals surface area contributed by atoms with Crippen LogP contribution in [0.3, 0.4) is 0 Å². The van der Waals surface area contributed by atoms with Crippen molar-refractivity contribution in [2.45, 2.75) is 12.8 Å². The molecule has 0 bridgehead atoms. The number of rotatable bonds is 3. The lowest BCUT2D eigenvalue weighted by atomic mass is 10.2. The first-order valence-corrected chi connectivity index (χ1v) is 6.73. The third-order valence-corrected chi connectivity index (χ3v) is 3.54. The molecule has 1 aliphatic heterocycles. The van der Waals surface area contributed by atoms with Crippen LogP contribution >= 0.6 is 0 Å². The lowest BCUT2D eigenvalue weighted by Crippen LogP contribution is -2.32. The van der Waals surface area contributed by atoms with Gasteiger partial charge in [0, 0.05) is 18.8 Å². The number of H-pyrrole nitrogens is 1. The number of carbonyl (C=O) groups excluding carboxylic acids is 1. The summed E-state index contributed by atoms with van der Waals surface area (Å²) >= 11 is 0. The summed E-state index contributed by atoms with van der Waals surface area (Å²) < 4.78 is 0. The van der Waals surface area contributed by atoms with E-state index in [0.717, 1.165) is 31.6 Å². The van der Waals surface area contributed by atoms with Crippen molar-refractivity contribution in [3.05, 3.63) is 34.9 Å². The summed E-state index contributed by atoms with van der Waals surface area (Å²) in [7, 11) is 0. The number of fused-ring (bicyclic) bond motifs is 1. The summed E-state index contributed by atoms with van der Waals surface area (Å²) in [6, 6.07) is 5.32. The van der Waals surface area contributed by atoms with Crippen LogP contribution in [0, 0.1) is 0 Å². The number of aromatic nitrogens is 2. The van der Waals surface area contributed by atoms with E-state index in [2.05, 4.69) is 15.3 Å². The van der Waals surface area contributed by atoms with Gasteiger partial charge in [-0.05, 0) is 31.0 Å². The fourth-order valence-corrected chi connectivity index (χ4v) is 2.43. The Balaban J connectivity index is 1.73. The van der Waals surface area contributed by atoms with E-state index < -0.39 is 0 Å². The van der Waals surface area contributed by atoms with Crippen molar-refractivity contribution < 1.29 is 4.79 Å². The molecule has 1 aliphatic rings. The number of benzene rings is 1. The molecule has 2 N–H and O–H groups in total. The first-order chi connectivity index (χ1) is 9.74. The molecule has 0 radical (unpaired) electrons. The second-order valence-electron chi connectivity index (χ2n) is 4.91. The van der Waals surface area contributed by atoms with Crippen LogP contribution in [0.5, 0.6) is 0 Å². The topological polar surface area (TPSA) is 78.1 Å². The van der Waals surface area contributed by atoms with Gasteiger partial charge in [-0.1, -0.05) is 0 Å². The van der Waals surface area contributed by atoms with Gasteiger partial charge in [-0.3, -0.25) is 9.59 Å². The molecule has 0 aliphatic carbocycles. The summed E-state index contributed by atoms with van der Waals surface area (Å²) in [5.74, 6) is 0.0997. The molecule has 0 unspecified atom stereocenters. The summed E-state index contributed by atoms with van der Waals surface area (Å²) in [6.07, 6.45) is 3.56. The van der Waals surface area contributed by atoms with E-state index in [1.54, 1.807) is 12.1 Å². The van der Waals surface area contributed by atoms with Crippen molar-refractivity contribution in [3.8, 4) is 0 Å². The van der Waals surface area contributed by atoms with E-state index in [9.17, 15) is 9.59 Å². The first kappa shape index (κ1) is 12.7. The molecule has 2 aromatic rings. The Morgan fingerprint density at radius 2 is 2.15 bits per heavy atom. The van der Waals surface area contributed by atoms with Gasteiger partial charge >= 0.3 is 0 Å². The average molecular weight is 272 g/mol. The van der Waals surface area contributed by atoms with Crippen LogP contribution in [-0.2, 0) is 4.79 Å². The van der Waals surface area contributed by atoms with Gasteiger partial charge in [0.1, 0.15) is 0 Å². The molecule has 2 heterocycles. The zero-order valence-electron chi connectivity index (χ0n) is 11.1. The van der Waals surface area contributed by atoms with E-state index >= 15 is 0 Å². The maximum absolute atomic E-state index is 11.9. The molecule has 1 aromatic carbocycles. The number of likely N-dealkylation sites (tertiary alicyclic amines) is 1. The normalized spacial score (nSPS) is 14.7. The molecular weight excluding hydrogens is 256 g/mol. The van der Waals surface area contributed by atoms with Gasteiger partial charge in [-0.15, -0.1) is 0 Å². The molecular formula is C14H16N4O2. The molecule has 1 amide bonds. The number of amides is 1. The minimum absolute atomic E-state index is 0.0997. The number of anilines is 1. The molecule has 0 atom stereocenters. The molecule has 1 saturated heterocycles.